The molecule has 1 aromatic rings. The lowest BCUT2D eigenvalue weighted by atomic mass is 10.5. The first kappa shape index (κ1) is 9.05. The molecule has 0 aromatic carbocycles. The molecule has 6 heteroatoms. The Hall–Kier alpha value is -1.04. The highest BCUT2D eigenvalue weighted by Crippen LogP contribution is 2.17. The van der Waals surface area contributed by atoms with E-state index in [4.69, 9.17) is 5.11 Å². The number of aromatic nitrogens is 3. The van der Waals surface area contributed by atoms with E-state index in [1.807, 2.05) is 0 Å². The topological polar surface area (TPSA) is 50.9 Å². The summed E-state index contributed by atoms with van der Waals surface area (Å²) in [6.45, 7) is 1.66. The number of halogens is 2. The standard InChI is InChI=1S/C6H9F2N3O/c1-2-11-4(3-12)9-10-6(11)5(7)8/h5,12H,2-3H2,1H3. The summed E-state index contributed by atoms with van der Waals surface area (Å²) in [6, 6.07) is 0. The van der Waals surface area contributed by atoms with Gasteiger partial charge in [-0.15, -0.1) is 10.2 Å². The highest BCUT2D eigenvalue weighted by atomic mass is 19.3. The molecule has 0 aliphatic rings. The van der Waals surface area contributed by atoms with Crippen molar-refractivity contribution in [2.45, 2.75) is 26.5 Å². The maximum absolute atomic E-state index is 12.2. The van der Waals surface area contributed by atoms with E-state index in [0.717, 1.165) is 0 Å². The number of aliphatic hydroxyl groups excluding tert-OH is 1. The van der Waals surface area contributed by atoms with Crippen LogP contribution in [0.1, 0.15) is 25.0 Å². The van der Waals surface area contributed by atoms with Crippen molar-refractivity contribution in [1.82, 2.24) is 14.8 Å². The summed E-state index contributed by atoms with van der Waals surface area (Å²) in [5.41, 5.74) is 0. The summed E-state index contributed by atoms with van der Waals surface area (Å²) >= 11 is 0. The summed E-state index contributed by atoms with van der Waals surface area (Å²) < 4.78 is 25.5. The van der Waals surface area contributed by atoms with Crippen molar-refractivity contribution in [3.63, 3.8) is 0 Å². The van der Waals surface area contributed by atoms with Crippen molar-refractivity contribution in [2.75, 3.05) is 0 Å². The van der Waals surface area contributed by atoms with Crippen molar-refractivity contribution in [2.24, 2.45) is 0 Å². The van der Waals surface area contributed by atoms with Gasteiger partial charge in [0.15, 0.2) is 11.6 Å². The zero-order valence-electron chi connectivity index (χ0n) is 6.54. The molecular formula is C6H9F2N3O. The molecule has 0 aliphatic carbocycles. The van der Waals surface area contributed by atoms with E-state index in [2.05, 4.69) is 10.2 Å². The average molecular weight is 177 g/mol. The van der Waals surface area contributed by atoms with E-state index in [1.54, 1.807) is 6.92 Å². The van der Waals surface area contributed by atoms with Crippen LogP contribution in [0, 0.1) is 0 Å². The van der Waals surface area contributed by atoms with Gasteiger partial charge in [0.25, 0.3) is 6.43 Å². The molecule has 0 saturated heterocycles. The fraction of sp³-hybridized carbons (Fsp3) is 0.667. The second-order valence-corrected chi connectivity index (χ2v) is 2.18. The number of aliphatic hydroxyl groups is 1. The minimum atomic E-state index is -2.64. The minimum Gasteiger partial charge on any atom is -0.388 e. The third kappa shape index (κ3) is 1.42. The van der Waals surface area contributed by atoms with Gasteiger partial charge in [-0.05, 0) is 6.92 Å². The summed E-state index contributed by atoms with van der Waals surface area (Å²) in [6.07, 6.45) is -2.64. The first-order chi connectivity index (χ1) is 5.70. The third-order valence-corrected chi connectivity index (χ3v) is 1.51. The number of nitrogens with zero attached hydrogens (tertiary/aromatic N) is 3. The second kappa shape index (κ2) is 3.57. The molecule has 0 spiro atoms. The van der Waals surface area contributed by atoms with Gasteiger partial charge in [-0.1, -0.05) is 0 Å². The highest BCUT2D eigenvalue weighted by molar-refractivity contribution is 4.95. The van der Waals surface area contributed by atoms with Crippen LogP contribution in [0.5, 0.6) is 0 Å². The molecule has 0 radical (unpaired) electrons. The van der Waals surface area contributed by atoms with Crippen LogP contribution in [0.25, 0.3) is 0 Å². The van der Waals surface area contributed by atoms with Crippen molar-refractivity contribution in [1.29, 1.82) is 0 Å². The van der Waals surface area contributed by atoms with Crippen LogP contribution in [0.3, 0.4) is 0 Å². The van der Waals surface area contributed by atoms with E-state index in [9.17, 15) is 8.78 Å². The fourth-order valence-electron chi connectivity index (χ4n) is 0.972. The van der Waals surface area contributed by atoms with Gasteiger partial charge in [0.1, 0.15) is 6.61 Å². The molecular weight excluding hydrogens is 168 g/mol. The maximum Gasteiger partial charge on any atom is 0.297 e. The lowest BCUT2D eigenvalue weighted by Crippen LogP contribution is -2.06. The maximum atomic E-state index is 12.2. The Morgan fingerprint density at radius 2 is 2.17 bits per heavy atom. The van der Waals surface area contributed by atoms with Crippen molar-refractivity contribution >= 4 is 0 Å². The predicted molar refractivity (Wildman–Crippen MR) is 36.6 cm³/mol. The van der Waals surface area contributed by atoms with Crippen LogP contribution in [0.2, 0.25) is 0 Å². The van der Waals surface area contributed by atoms with E-state index in [0.29, 0.717) is 6.54 Å². The SMILES string of the molecule is CCn1c(CO)nnc1C(F)F. The molecule has 1 heterocycles. The first-order valence-electron chi connectivity index (χ1n) is 3.51. The smallest absolute Gasteiger partial charge is 0.297 e. The van der Waals surface area contributed by atoms with E-state index in [1.165, 1.54) is 4.57 Å². The molecule has 1 aromatic heterocycles. The van der Waals surface area contributed by atoms with Gasteiger partial charge in [-0.3, -0.25) is 0 Å². The molecule has 0 bridgehead atoms. The molecule has 12 heavy (non-hydrogen) atoms. The number of rotatable bonds is 3. The normalized spacial score (nSPS) is 11.1. The first-order valence-corrected chi connectivity index (χ1v) is 3.51. The van der Waals surface area contributed by atoms with Crippen molar-refractivity contribution in [3.8, 4) is 0 Å². The number of alkyl halides is 2. The van der Waals surface area contributed by atoms with Gasteiger partial charge in [-0.2, -0.15) is 0 Å². The van der Waals surface area contributed by atoms with Gasteiger partial charge >= 0.3 is 0 Å². The second-order valence-electron chi connectivity index (χ2n) is 2.18. The predicted octanol–water partition coefficient (Wildman–Crippen LogP) is 0.728. The molecule has 4 nitrogen and oxygen atoms in total. The molecule has 0 amide bonds. The molecule has 0 atom stereocenters. The van der Waals surface area contributed by atoms with Crippen LogP contribution in [-0.4, -0.2) is 19.9 Å². The fourth-order valence-corrected chi connectivity index (χ4v) is 0.972. The molecule has 0 aliphatic heterocycles. The van der Waals surface area contributed by atoms with Crippen molar-refractivity contribution in [3.05, 3.63) is 11.6 Å². The van der Waals surface area contributed by atoms with Gasteiger partial charge in [-0.25, -0.2) is 8.78 Å². The van der Waals surface area contributed by atoms with Crippen LogP contribution >= 0.6 is 0 Å². The summed E-state index contributed by atoms with van der Waals surface area (Å²) in [7, 11) is 0. The summed E-state index contributed by atoms with van der Waals surface area (Å²) in [5, 5.41) is 15.3. The third-order valence-electron chi connectivity index (χ3n) is 1.51. The Kier molecular flexibility index (Phi) is 2.69. The van der Waals surface area contributed by atoms with Gasteiger partial charge in [0.05, 0.1) is 0 Å². The quantitative estimate of drug-likeness (QED) is 0.740. The van der Waals surface area contributed by atoms with Gasteiger partial charge < -0.3 is 9.67 Å². The summed E-state index contributed by atoms with van der Waals surface area (Å²) in [4.78, 5) is 0. The van der Waals surface area contributed by atoms with Crippen LogP contribution in [0.4, 0.5) is 8.78 Å². The number of hydrogen-bond acceptors (Lipinski definition) is 3. The number of hydrogen-bond donors (Lipinski definition) is 1. The Balaban J connectivity index is 3.05. The molecule has 1 N–H and O–H groups in total. The van der Waals surface area contributed by atoms with Crippen LogP contribution < -0.4 is 0 Å². The Bertz CT molecular complexity index is 261. The van der Waals surface area contributed by atoms with Crippen LogP contribution in [0.15, 0.2) is 0 Å². The minimum absolute atomic E-state index is 0.174. The van der Waals surface area contributed by atoms with E-state index >= 15 is 0 Å². The van der Waals surface area contributed by atoms with Crippen molar-refractivity contribution < 1.29 is 13.9 Å². The van der Waals surface area contributed by atoms with Crippen LogP contribution in [-0.2, 0) is 13.2 Å². The monoisotopic (exact) mass is 177 g/mol. The highest BCUT2D eigenvalue weighted by Gasteiger charge is 2.17. The molecule has 68 valence electrons. The molecule has 0 unspecified atom stereocenters. The van der Waals surface area contributed by atoms with Gasteiger partial charge in [0.2, 0.25) is 0 Å². The van der Waals surface area contributed by atoms with E-state index in [-0.39, 0.29) is 18.3 Å². The van der Waals surface area contributed by atoms with Gasteiger partial charge in [0, 0.05) is 6.54 Å². The molecule has 1 rings (SSSR count). The summed E-state index contributed by atoms with van der Waals surface area (Å²) in [5.74, 6) is -0.214. The lowest BCUT2D eigenvalue weighted by Gasteiger charge is -2.03. The van der Waals surface area contributed by atoms with E-state index < -0.39 is 6.43 Å². The molecule has 0 fully saturated rings. The Morgan fingerprint density at radius 1 is 1.50 bits per heavy atom. The largest absolute Gasteiger partial charge is 0.388 e. The zero-order chi connectivity index (χ0) is 9.14. The lowest BCUT2D eigenvalue weighted by molar-refractivity contribution is 0.134. The Labute approximate surface area is 67.8 Å². The zero-order valence-corrected chi connectivity index (χ0v) is 6.54. The molecule has 0 saturated carbocycles. The Morgan fingerprint density at radius 3 is 2.58 bits per heavy atom. The average Bonchev–Trinajstić information content (AvgIpc) is 2.46.